The molecule has 0 atom stereocenters. The predicted octanol–water partition coefficient (Wildman–Crippen LogP) is 16.4. The molecule has 0 aromatic heterocycles. The van der Waals surface area contributed by atoms with Crippen LogP contribution in [0.2, 0.25) is 0 Å². The van der Waals surface area contributed by atoms with Gasteiger partial charge in [-0.25, -0.2) is 0 Å². The van der Waals surface area contributed by atoms with Crippen LogP contribution in [-0.4, -0.2) is 0 Å². The van der Waals surface area contributed by atoms with Crippen molar-refractivity contribution in [3.05, 3.63) is 253 Å². The molecule has 0 N–H and O–H groups in total. The van der Waals surface area contributed by atoms with Gasteiger partial charge in [-0.1, -0.05) is 194 Å². The third kappa shape index (κ3) is 7.35. The number of hydrogen-bond acceptors (Lipinski definition) is 2. The number of fused-ring (bicyclic) bond motifs is 3. The molecule has 0 unspecified atom stereocenters. The van der Waals surface area contributed by atoms with Crippen molar-refractivity contribution in [1.29, 1.82) is 0 Å². The average Bonchev–Trinajstić information content (AvgIpc) is 3.32. The molecule has 10 aromatic rings. The standard InChI is InChI=1S/C58H42N2/c1-5-17-43(18-6-1)29-31-45-33-37-51(38-34-45)59(49-23-9-3-10-24-49)57-53-27-15-16-28-54(53)58(56-42-48-22-14-13-21-47(48)41-55(56)57)60(50-25-11-4-12-26-50)52-39-35-46(36-40-52)32-30-44-19-7-2-8-20-44/h1-42H/b31-29+,32-30+. The summed E-state index contributed by atoms with van der Waals surface area (Å²) in [6, 6.07) is 82.7. The van der Waals surface area contributed by atoms with Gasteiger partial charge in [0.1, 0.15) is 0 Å². The number of para-hydroxylation sites is 2. The summed E-state index contributed by atoms with van der Waals surface area (Å²) >= 11 is 0. The topological polar surface area (TPSA) is 6.48 Å². The Morgan fingerprint density at radius 3 is 0.883 bits per heavy atom. The lowest BCUT2D eigenvalue weighted by Gasteiger charge is -2.33. The minimum Gasteiger partial charge on any atom is -0.309 e. The van der Waals surface area contributed by atoms with E-state index in [9.17, 15) is 0 Å². The van der Waals surface area contributed by atoms with Crippen molar-refractivity contribution in [1.82, 2.24) is 0 Å². The lowest BCUT2D eigenvalue weighted by Crippen LogP contribution is -2.14. The Kier molecular flexibility index (Phi) is 10.0. The van der Waals surface area contributed by atoms with E-state index in [0.29, 0.717) is 0 Å². The SMILES string of the molecule is C(=C\c1ccc(N(c2ccccc2)c2c3ccccc3c(N(c3ccccc3)c3ccc(/C=C/c4ccccc4)cc3)c3cc4ccccc4cc23)cc1)/c1ccccc1. The van der Waals surface area contributed by atoms with Crippen molar-refractivity contribution >= 4 is 90.7 Å². The molecular weight excluding hydrogens is 725 g/mol. The second-order valence-electron chi connectivity index (χ2n) is 15.0. The Bertz CT molecular complexity index is 2890. The second kappa shape index (κ2) is 16.5. The van der Waals surface area contributed by atoms with Crippen LogP contribution in [0.1, 0.15) is 22.3 Å². The zero-order chi connectivity index (χ0) is 40.1. The number of anilines is 6. The maximum Gasteiger partial charge on any atom is 0.0620 e. The Balaban J connectivity index is 1.20. The highest BCUT2D eigenvalue weighted by molar-refractivity contribution is 6.25. The Hall–Kier alpha value is -7.94. The molecule has 0 radical (unpaired) electrons. The lowest BCUT2D eigenvalue weighted by atomic mass is 9.93. The minimum absolute atomic E-state index is 1.09. The molecule has 0 saturated carbocycles. The summed E-state index contributed by atoms with van der Waals surface area (Å²) in [6.45, 7) is 0. The van der Waals surface area contributed by atoms with Crippen molar-refractivity contribution < 1.29 is 0 Å². The Labute approximate surface area is 351 Å². The van der Waals surface area contributed by atoms with Crippen molar-refractivity contribution in [2.24, 2.45) is 0 Å². The van der Waals surface area contributed by atoms with E-state index in [1.165, 1.54) is 32.7 Å². The van der Waals surface area contributed by atoms with E-state index in [1.54, 1.807) is 0 Å². The maximum absolute atomic E-state index is 2.44. The molecule has 0 spiro atoms. The number of nitrogens with zero attached hydrogens (tertiary/aromatic N) is 2. The molecular formula is C58H42N2. The van der Waals surface area contributed by atoms with Gasteiger partial charge in [0.2, 0.25) is 0 Å². The van der Waals surface area contributed by atoms with E-state index in [1.807, 2.05) is 0 Å². The van der Waals surface area contributed by atoms with E-state index in [4.69, 9.17) is 0 Å². The molecule has 0 amide bonds. The summed E-state index contributed by atoms with van der Waals surface area (Å²) in [7, 11) is 0. The van der Waals surface area contributed by atoms with Crippen LogP contribution >= 0.6 is 0 Å². The molecule has 0 aliphatic rings. The van der Waals surface area contributed by atoms with E-state index in [2.05, 4.69) is 265 Å². The van der Waals surface area contributed by atoms with Gasteiger partial charge in [0, 0.05) is 44.3 Å². The van der Waals surface area contributed by atoms with Gasteiger partial charge in [-0.15, -0.1) is 0 Å². The molecule has 0 bridgehead atoms. The number of hydrogen-bond donors (Lipinski definition) is 0. The summed E-state index contributed by atoms with van der Waals surface area (Å²) in [5, 5.41) is 7.06. The fraction of sp³-hybridized carbons (Fsp3) is 0. The summed E-state index contributed by atoms with van der Waals surface area (Å²) in [5.41, 5.74) is 11.3. The first-order chi connectivity index (χ1) is 29.8. The van der Waals surface area contributed by atoms with Crippen molar-refractivity contribution in [2.45, 2.75) is 0 Å². The fourth-order valence-electron chi connectivity index (χ4n) is 8.25. The third-order valence-corrected chi connectivity index (χ3v) is 11.1. The van der Waals surface area contributed by atoms with Gasteiger partial charge in [-0.3, -0.25) is 0 Å². The first kappa shape index (κ1) is 36.4. The van der Waals surface area contributed by atoms with E-state index < -0.39 is 0 Å². The first-order valence-electron chi connectivity index (χ1n) is 20.5. The molecule has 2 heteroatoms. The van der Waals surface area contributed by atoms with Gasteiger partial charge in [0.05, 0.1) is 11.4 Å². The summed E-state index contributed by atoms with van der Waals surface area (Å²) in [5.74, 6) is 0. The number of rotatable bonds is 10. The van der Waals surface area contributed by atoms with E-state index in [-0.39, 0.29) is 0 Å². The zero-order valence-corrected chi connectivity index (χ0v) is 33.1. The third-order valence-electron chi connectivity index (χ3n) is 11.1. The van der Waals surface area contributed by atoms with Crippen LogP contribution in [0.3, 0.4) is 0 Å². The Morgan fingerprint density at radius 1 is 0.233 bits per heavy atom. The molecule has 0 aliphatic heterocycles. The van der Waals surface area contributed by atoms with Gasteiger partial charge < -0.3 is 9.80 Å². The molecule has 0 saturated heterocycles. The monoisotopic (exact) mass is 766 g/mol. The largest absolute Gasteiger partial charge is 0.309 e. The van der Waals surface area contributed by atoms with Gasteiger partial charge in [0.25, 0.3) is 0 Å². The van der Waals surface area contributed by atoms with Crippen LogP contribution in [0.4, 0.5) is 34.1 Å². The van der Waals surface area contributed by atoms with Gasteiger partial charge in [-0.2, -0.15) is 0 Å². The van der Waals surface area contributed by atoms with Crippen LogP contribution in [0.25, 0.3) is 56.6 Å². The molecule has 10 aromatic carbocycles. The first-order valence-corrected chi connectivity index (χ1v) is 20.5. The van der Waals surface area contributed by atoms with E-state index >= 15 is 0 Å². The quantitative estimate of drug-likeness (QED) is 0.0777. The highest BCUT2D eigenvalue weighted by Crippen LogP contribution is 2.51. The second-order valence-corrected chi connectivity index (χ2v) is 15.0. The molecule has 284 valence electrons. The molecule has 2 nitrogen and oxygen atoms in total. The van der Waals surface area contributed by atoms with Crippen molar-refractivity contribution in [2.75, 3.05) is 9.80 Å². The van der Waals surface area contributed by atoms with Gasteiger partial charge >= 0.3 is 0 Å². The van der Waals surface area contributed by atoms with Gasteiger partial charge in [-0.05, 0) is 93.7 Å². The number of benzene rings is 10. The normalized spacial score (nSPS) is 11.5. The summed E-state index contributed by atoms with van der Waals surface area (Å²) < 4.78 is 0. The van der Waals surface area contributed by atoms with Crippen LogP contribution in [0.5, 0.6) is 0 Å². The zero-order valence-electron chi connectivity index (χ0n) is 33.1. The van der Waals surface area contributed by atoms with Crippen molar-refractivity contribution in [3.63, 3.8) is 0 Å². The summed E-state index contributed by atoms with van der Waals surface area (Å²) in [4.78, 5) is 4.88. The molecule has 0 aliphatic carbocycles. The maximum atomic E-state index is 2.44. The predicted molar refractivity (Wildman–Crippen MR) is 259 cm³/mol. The molecule has 10 rings (SSSR count). The highest BCUT2D eigenvalue weighted by Gasteiger charge is 2.25. The average molecular weight is 767 g/mol. The summed E-state index contributed by atoms with van der Waals surface area (Å²) in [6.07, 6.45) is 8.70. The molecule has 60 heavy (non-hydrogen) atoms. The minimum atomic E-state index is 1.09. The van der Waals surface area contributed by atoms with Gasteiger partial charge in [0.15, 0.2) is 0 Å². The highest BCUT2D eigenvalue weighted by atomic mass is 15.2. The smallest absolute Gasteiger partial charge is 0.0620 e. The van der Waals surface area contributed by atoms with Crippen LogP contribution in [0, 0.1) is 0 Å². The fourth-order valence-corrected chi connectivity index (χ4v) is 8.25. The lowest BCUT2D eigenvalue weighted by molar-refractivity contribution is 1.29. The Morgan fingerprint density at radius 2 is 0.517 bits per heavy atom. The van der Waals surface area contributed by atoms with E-state index in [0.717, 1.165) is 56.0 Å². The van der Waals surface area contributed by atoms with Crippen LogP contribution in [0.15, 0.2) is 231 Å². The molecule has 0 fully saturated rings. The van der Waals surface area contributed by atoms with Crippen LogP contribution < -0.4 is 9.80 Å². The van der Waals surface area contributed by atoms with Crippen molar-refractivity contribution in [3.8, 4) is 0 Å². The van der Waals surface area contributed by atoms with Crippen LogP contribution in [-0.2, 0) is 0 Å². The molecule has 0 heterocycles.